The van der Waals surface area contributed by atoms with Crippen LogP contribution in [0.15, 0.2) is 47.1 Å². The van der Waals surface area contributed by atoms with Crippen molar-refractivity contribution in [2.24, 2.45) is 5.73 Å². The first-order valence-corrected chi connectivity index (χ1v) is 8.54. The second-order valence-electron chi connectivity index (χ2n) is 6.38. The summed E-state index contributed by atoms with van der Waals surface area (Å²) in [6.07, 6.45) is 3.40. The van der Waals surface area contributed by atoms with Gasteiger partial charge >= 0.3 is 0 Å². The lowest BCUT2D eigenvalue weighted by atomic mass is 10.00. The van der Waals surface area contributed by atoms with E-state index in [0.717, 1.165) is 25.9 Å². The number of hydrogen-bond donors (Lipinski definition) is 2. The van der Waals surface area contributed by atoms with E-state index in [9.17, 15) is 4.79 Å². The number of piperidine rings is 1. The third-order valence-corrected chi connectivity index (χ3v) is 4.81. The molecule has 0 saturated carbocycles. The largest absolute Gasteiger partial charge is 0.467 e. The lowest BCUT2D eigenvalue weighted by molar-refractivity contribution is 0.0895. The van der Waals surface area contributed by atoms with Gasteiger partial charge in [0.1, 0.15) is 12.0 Å². The molecule has 3 N–H and O–H groups in total. The molecule has 1 aliphatic rings. The van der Waals surface area contributed by atoms with Gasteiger partial charge in [-0.25, -0.2) is 0 Å². The fourth-order valence-electron chi connectivity index (χ4n) is 3.25. The molecule has 2 aromatic rings. The summed E-state index contributed by atoms with van der Waals surface area (Å²) in [5, 5.41) is 3.11. The van der Waals surface area contributed by atoms with Crippen molar-refractivity contribution < 1.29 is 9.21 Å². The molecule has 5 nitrogen and oxygen atoms in total. The number of rotatable bonds is 5. The Bertz CT molecular complexity index is 660. The number of nitrogens with one attached hydrogen (secondary N) is 1. The van der Waals surface area contributed by atoms with Gasteiger partial charge in [0, 0.05) is 25.2 Å². The first kappa shape index (κ1) is 16.7. The summed E-state index contributed by atoms with van der Waals surface area (Å²) in [6, 6.07) is 12.9. The fraction of sp³-hybridized carbons (Fsp3) is 0.421. The Kier molecular flexibility index (Phi) is 5.33. The lowest BCUT2D eigenvalue weighted by Gasteiger charge is -2.36. The predicted octanol–water partition coefficient (Wildman–Crippen LogP) is 2.69. The first-order valence-electron chi connectivity index (χ1n) is 8.54. The Balaban J connectivity index is 1.51. The van der Waals surface area contributed by atoms with Crippen LogP contribution in [0.1, 0.15) is 47.5 Å². The van der Waals surface area contributed by atoms with Crippen molar-refractivity contribution >= 4 is 5.91 Å². The summed E-state index contributed by atoms with van der Waals surface area (Å²) in [4.78, 5) is 14.7. The van der Waals surface area contributed by atoms with Gasteiger partial charge < -0.3 is 15.5 Å². The zero-order valence-corrected chi connectivity index (χ0v) is 14.1. The molecule has 3 rings (SSSR count). The van der Waals surface area contributed by atoms with Crippen LogP contribution in [0.25, 0.3) is 0 Å². The van der Waals surface area contributed by atoms with Crippen molar-refractivity contribution in [1.29, 1.82) is 0 Å². The molecule has 1 aromatic heterocycles. The van der Waals surface area contributed by atoms with Crippen LogP contribution in [0.5, 0.6) is 0 Å². The average molecular weight is 327 g/mol. The zero-order valence-electron chi connectivity index (χ0n) is 14.1. The van der Waals surface area contributed by atoms with E-state index in [-0.39, 0.29) is 11.9 Å². The van der Waals surface area contributed by atoms with Gasteiger partial charge in [-0.3, -0.25) is 9.69 Å². The van der Waals surface area contributed by atoms with Crippen molar-refractivity contribution in [2.45, 2.75) is 38.4 Å². The topological polar surface area (TPSA) is 71.5 Å². The molecular weight excluding hydrogens is 302 g/mol. The summed E-state index contributed by atoms with van der Waals surface area (Å²) < 4.78 is 5.23. The van der Waals surface area contributed by atoms with Gasteiger partial charge in [0.25, 0.3) is 5.91 Å². The molecule has 1 aromatic carbocycles. The second kappa shape index (κ2) is 7.64. The highest BCUT2D eigenvalue weighted by atomic mass is 16.3. The second-order valence-corrected chi connectivity index (χ2v) is 6.38. The monoisotopic (exact) mass is 327 g/mol. The van der Waals surface area contributed by atoms with Crippen molar-refractivity contribution in [3.63, 3.8) is 0 Å². The van der Waals surface area contributed by atoms with E-state index in [4.69, 9.17) is 10.2 Å². The molecule has 1 saturated heterocycles. The molecule has 0 radical (unpaired) electrons. The normalized spacial score (nSPS) is 17.6. The van der Waals surface area contributed by atoms with E-state index in [1.54, 1.807) is 6.07 Å². The van der Waals surface area contributed by atoms with E-state index in [1.807, 2.05) is 6.07 Å². The van der Waals surface area contributed by atoms with Crippen LogP contribution in [-0.4, -0.2) is 29.9 Å². The molecule has 1 unspecified atom stereocenters. The van der Waals surface area contributed by atoms with Crippen LogP contribution in [0.4, 0.5) is 0 Å². The summed E-state index contributed by atoms with van der Waals surface area (Å²) in [7, 11) is 0. The Morgan fingerprint density at radius 3 is 2.67 bits per heavy atom. The number of amides is 1. The quantitative estimate of drug-likeness (QED) is 0.886. The number of carbonyl (C=O) groups is 1. The number of carbonyl (C=O) groups excluding carboxylic acids is 1. The van der Waals surface area contributed by atoms with E-state index >= 15 is 0 Å². The summed E-state index contributed by atoms with van der Waals surface area (Å²) in [6.45, 7) is 4.53. The third kappa shape index (κ3) is 3.86. The molecule has 2 heterocycles. The summed E-state index contributed by atoms with van der Waals surface area (Å²) in [5.74, 6) is 0.555. The maximum Gasteiger partial charge on any atom is 0.254 e. The summed E-state index contributed by atoms with van der Waals surface area (Å²) in [5.41, 5.74) is 7.40. The molecule has 1 aliphatic heterocycles. The number of nitrogens with zero attached hydrogens (tertiary/aromatic N) is 1. The van der Waals surface area contributed by atoms with Crippen molar-refractivity contribution in [2.75, 3.05) is 13.1 Å². The van der Waals surface area contributed by atoms with Crippen LogP contribution in [0.3, 0.4) is 0 Å². The molecule has 0 bridgehead atoms. The first-order chi connectivity index (χ1) is 11.7. The Morgan fingerprint density at radius 1 is 1.33 bits per heavy atom. The smallest absolute Gasteiger partial charge is 0.254 e. The van der Waals surface area contributed by atoms with Gasteiger partial charge in [0.05, 0.1) is 12.1 Å². The minimum absolute atomic E-state index is 0.0759. The van der Waals surface area contributed by atoms with Gasteiger partial charge in [0.2, 0.25) is 0 Å². The third-order valence-electron chi connectivity index (χ3n) is 4.81. The van der Waals surface area contributed by atoms with Gasteiger partial charge in [-0.05, 0) is 31.4 Å². The van der Waals surface area contributed by atoms with Gasteiger partial charge in [-0.1, -0.05) is 30.3 Å². The zero-order chi connectivity index (χ0) is 16.9. The molecule has 1 amide bonds. The molecule has 128 valence electrons. The van der Waals surface area contributed by atoms with Crippen LogP contribution in [0.2, 0.25) is 0 Å². The highest BCUT2D eigenvalue weighted by Gasteiger charge is 2.25. The maximum atomic E-state index is 12.3. The predicted molar refractivity (Wildman–Crippen MR) is 93.5 cm³/mol. The number of hydrogen-bond acceptors (Lipinski definition) is 4. The molecule has 5 heteroatoms. The van der Waals surface area contributed by atoms with Crippen molar-refractivity contribution in [1.82, 2.24) is 10.2 Å². The van der Waals surface area contributed by atoms with E-state index < -0.39 is 0 Å². The Hall–Kier alpha value is -2.11. The van der Waals surface area contributed by atoms with Gasteiger partial charge in [-0.15, -0.1) is 0 Å². The highest BCUT2D eigenvalue weighted by molar-refractivity contribution is 5.94. The molecule has 0 spiro atoms. The van der Waals surface area contributed by atoms with Crippen LogP contribution >= 0.6 is 0 Å². The van der Waals surface area contributed by atoms with E-state index in [0.29, 0.717) is 23.9 Å². The molecule has 0 aliphatic carbocycles. The molecular formula is C19H25N3O2. The van der Waals surface area contributed by atoms with Crippen LogP contribution < -0.4 is 11.1 Å². The molecule has 1 atom stereocenters. The lowest BCUT2D eigenvalue weighted by Crippen LogP contribution is -2.45. The number of likely N-dealkylation sites (tertiary alicyclic amines) is 1. The fourth-order valence-corrected chi connectivity index (χ4v) is 3.25. The van der Waals surface area contributed by atoms with Gasteiger partial charge in [-0.2, -0.15) is 0 Å². The average Bonchev–Trinajstić information content (AvgIpc) is 3.12. The van der Waals surface area contributed by atoms with Crippen LogP contribution in [-0.2, 0) is 6.54 Å². The Labute approximate surface area is 142 Å². The van der Waals surface area contributed by atoms with Crippen molar-refractivity contribution in [3.8, 4) is 0 Å². The minimum atomic E-state index is -0.0759. The van der Waals surface area contributed by atoms with Gasteiger partial charge in [0.15, 0.2) is 0 Å². The number of furan rings is 1. The molecule has 1 fully saturated rings. The van der Waals surface area contributed by atoms with Crippen molar-refractivity contribution in [3.05, 3.63) is 59.5 Å². The minimum Gasteiger partial charge on any atom is -0.467 e. The number of benzene rings is 1. The maximum absolute atomic E-state index is 12.3. The summed E-state index contributed by atoms with van der Waals surface area (Å²) >= 11 is 0. The van der Waals surface area contributed by atoms with E-state index in [1.165, 1.54) is 11.8 Å². The van der Waals surface area contributed by atoms with Crippen LogP contribution in [0, 0.1) is 0 Å². The number of nitrogens with two attached hydrogens (primary N) is 1. The Morgan fingerprint density at radius 2 is 2.04 bits per heavy atom. The van der Waals surface area contributed by atoms with E-state index in [2.05, 4.69) is 41.4 Å². The standard InChI is InChI=1S/C19H25N3O2/c1-14(15-5-3-2-4-6-15)22-9-7-17(8-10-22)21-19(23)16-11-18(12-20)24-13-16/h2-6,11,13-14,17H,7-10,12,20H2,1H3,(H,21,23). The SMILES string of the molecule is CC(c1ccccc1)N1CCC(NC(=O)c2coc(CN)c2)CC1. The highest BCUT2D eigenvalue weighted by Crippen LogP contribution is 2.24. The molecule has 24 heavy (non-hydrogen) atoms.